The highest BCUT2D eigenvalue weighted by molar-refractivity contribution is 6.03. The standard InChI is InChI=1S/C13H13F3N2O/c14-13(15,16)12-10(9-6-17-7-9)11(18-19-12)8-4-2-1-3-5-8/h1-5,9-10,12,17H,6-7H2. The van der Waals surface area contributed by atoms with Crippen LogP contribution >= 0.6 is 0 Å². The van der Waals surface area contributed by atoms with Crippen LogP contribution in [0.3, 0.4) is 0 Å². The molecule has 19 heavy (non-hydrogen) atoms. The Morgan fingerprint density at radius 1 is 1.16 bits per heavy atom. The summed E-state index contributed by atoms with van der Waals surface area (Å²) in [6.07, 6.45) is -6.21. The van der Waals surface area contributed by atoms with E-state index in [1.165, 1.54) is 0 Å². The smallest absolute Gasteiger partial charge is 0.382 e. The van der Waals surface area contributed by atoms with Gasteiger partial charge in [-0.05, 0) is 24.6 Å². The summed E-state index contributed by atoms with van der Waals surface area (Å²) in [4.78, 5) is 4.69. The Hall–Kier alpha value is -1.56. The van der Waals surface area contributed by atoms with E-state index in [2.05, 4.69) is 15.3 Å². The summed E-state index contributed by atoms with van der Waals surface area (Å²) in [6.45, 7) is 1.15. The molecule has 2 aliphatic rings. The van der Waals surface area contributed by atoms with Crippen LogP contribution in [0.25, 0.3) is 0 Å². The Kier molecular flexibility index (Phi) is 2.97. The third-order valence-corrected chi connectivity index (χ3v) is 3.62. The van der Waals surface area contributed by atoms with Crippen LogP contribution in [0.1, 0.15) is 5.56 Å². The van der Waals surface area contributed by atoms with E-state index in [1.807, 2.05) is 6.07 Å². The first-order valence-electron chi connectivity index (χ1n) is 6.14. The van der Waals surface area contributed by atoms with Crippen molar-refractivity contribution in [1.82, 2.24) is 5.32 Å². The molecule has 0 aliphatic carbocycles. The van der Waals surface area contributed by atoms with Crippen LogP contribution < -0.4 is 5.32 Å². The van der Waals surface area contributed by atoms with Crippen molar-refractivity contribution in [3.8, 4) is 0 Å². The molecule has 1 fully saturated rings. The second kappa shape index (κ2) is 4.52. The number of nitrogens with zero attached hydrogens (tertiary/aromatic N) is 1. The minimum atomic E-state index is -4.39. The topological polar surface area (TPSA) is 33.6 Å². The highest BCUT2D eigenvalue weighted by Crippen LogP contribution is 2.39. The second-order valence-electron chi connectivity index (χ2n) is 4.85. The maximum Gasteiger partial charge on any atom is 0.428 e. The summed E-state index contributed by atoms with van der Waals surface area (Å²) in [5.41, 5.74) is 1.11. The van der Waals surface area contributed by atoms with Gasteiger partial charge in [-0.2, -0.15) is 13.2 Å². The first-order valence-corrected chi connectivity index (χ1v) is 6.14. The van der Waals surface area contributed by atoms with Crippen LogP contribution in [0.5, 0.6) is 0 Å². The van der Waals surface area contributed by atoms with Crippen LogP contribution in [-0.4, -0.2) is 31.1 Å². The number of nitrogens with one attached hydrogen (secondary N) is 1. The first kappa shape index (κ1) is 12.5. The van der Waals surface area contributed by atoms with E-state index in [-0.39, 0.29) is 5.92 Å². The largest absolute Gasteiger partial charge is 0.428 e. The van der Waals surface area contributed by atoms with E-state index in [1.54, 1.807) is 24.3 Å². The number of benzene rings is 1. The zero-order valence-corrected chi connectivity index (χ0v) is 10.0. The summed E-state index contributed by atoms with van der Waals surface area (Å²) >= 11 is 0. The molecule has 0 radical (unpaired) electrons. The van der Waals surface area contributed by atoms with Gasteiger partial charge in [-0.3, -0.25) is 0 Å². The third kappa shape index (κ3) is 2.20. The predicted molar refractivity (Wildman–Crippen MR) is 63.8 cm³/mol. The molecular weight excluding hydrogens is 257 g/mol. The molecule has 3 nitrogen and oxygen atoms in total. The van der Waals surface area contributed by atoms with Crippen molar-refractivity contribution < 1.29 is 18.0 Å². The number of alkyl halides is 3. The first-order chi connectivity index (χ1) is 9.07. The molecule has 1 N–H and O–H groups in total. The Morgan fingerprint density at radius 3 is 2.37 bits per heavy atom. The number of halogens is 3. The second-order valence-corrected chi connectivity index (χ2v) is 4.85. The fourth-order valence-corrected chi connectivity index (χ4v) is 2.54. The molecule has 0 aromatic heterocycles. The zero-order valence-electron chi connectivity index (χ0n) is 10.0. The van der Waals surface area contributed by atoms with Gasteiger partial charge < -0.3 is 10.2 Å². The lowest BCUT2D eigenvalue weighted by atomic mass is 9.78. The lowest BCUT2D eigenvalue weighted by Gasteiger charge is -2.35. The molecule has 0 saturated carbocycles. The lowest BCUT2D eigenvalue weighted by molar-refractivity contribution is -0.227. The van der Waals surface area contributed by atoms with Gasteiger partial charge in [0.15, 0.2) is 0 Å². The third-order valence-electron chi connectivity index (χ3n) is 3.62. The molecule has 2 heterocycles. The van der Waals surface area contributed by atoms with E-state index in [9.17, 15) is 13.2 Å². The Bertz CT molecular complexity index is 482. The van der Waals surface area contributed by atoms with Gasteiger partial charge in [0.1, 0.15) is 0 Å². The SMILES string of the molecule is FC(F)(F)C1ON=C(c2ccccc2)C1C1CNC1. The van der Waals surface area contributed by atoms with Crippen molar-refractivity contribution in [2.45, 2.75) is 12.3 Å². The van der Waals surface area contributed by atoms with Gasteiger partial charge in [0, 0.05) is 0 Å². The zero-order chi connectivity index (χ0) is 13.5. The molecule has 6 heteroatoms. The molecule has 0 spiro atoms. The molecule has 102 valence electrons. The van der Waals surface area contributed by atoms with Gasteiger partial charge in [-0.25, -0.2) is 0 Å². The summed E-state index contributed by atoms with van der Waals surface area (Å²) in [7, 11) is 0. The average Bonchev–Trinajstić information content (AvgIpc) is 2.72. The molecule has 0 amide bonds. The molecule has 1 aromatic carbocycles. The molecule has 0 bridgehead atoms. The maximum absolute atomic E-state index is 13.0. The van der Waals surface area contributed by atoms with Gasteiger partial charge >= 0.3 is 6.18 Å². The van der Waals surface area contributed by atoms with Gasteiger partial charge in [-0.1, -0.05) is 35.5 Å². The lowest BCUT2D eigenvalue weighted by Crippen LogP contribution is -2.53. The van der Waals surface area contributed by atoms with E-state index in [0.29, 0.717) is 24.4 Å². The normalized spacial score (nSPS) is 27.6. The molecule has 3 rings (SSSR count). The van der Waals surface area contributed by atoms with Crippen molar-refractivity contribution in [2.75, 3.05) is 13.1 Å². The van der Waals surface area contributed by atoms with Crippen LogP contribution in [0, 0.1) is 11.8 Å². The van der Waals surface area contributed by atoms with Gasteiger partial charge in [0.2, 0.25) is 6.10 Å². The Morgan fingerprint density at radius 2 is 1.84 bits per heavy atom. The van der Waals surface area contributed by atoms with E-state index >= 15 is 0 Å². The highest BCUT2D eigenvalue weighted by atomic mass is 19.4. The molecule has 2 aliphatic heterocycles. The number of hydrogen-bond acceptors (Lipinski definition) is 3. The van der Waals surface area contributed by atoms with E-state index in [0.717, 1.165) is 0 Å². The molecule has 2 atom stereocenters. The fourth-order valence-electron chi connectivity index (χ4n) is 2.54. The fraction of sp³-hybridized carbons (Fsp3) is 0.462. The van der Waals surface area contributed by atoms with E-state index < -0.39 is 18.2 Å². The number of hydrogen-bond donors (Lipinski definition) is 1. The molecule has 1 saturated heterocycles. The van der Waals surface area contributed by atoms with Crippen molar-refractivity contribution in [1.29, 1.82) is 0 Å². The minimum Gasteiger partial charge on any atom is -0.382 e. The molecule has 2 unspecified atom stereocenters. The minimum absolute atomic E-state index is 0.0759. The van der Waals surface area contributed by atoms with Crippen LogP contribution in [0.2, 0.25) is 0 Å². The van der Waals surface area contributed by atoms with Crippen molar-refractivity contribution in [2.24, 2.45) is 17.0 Å². The summed E-state index contributed by atoms with van der Waals surface area (Å²) < 4.78 is 39.0. The van der Waals surface area contributed by atoms with Crippen LogP contribution in [-0.2, 0) is 4.84 Å². The highest BCUT2D eigenvalue weighted by Gasteiger charge is 2.55. The maximum atomic E-state index is 13.0. The summed E-state index contributed by atoms with van der Waals surface area (Å²) in [6, 6.07) is 8.92. The average molecular weight is 270 g/mol. The van der Waals surface area contributed by atoms with Gasteiger partial charge in [-0.15, -0.1) is 0 Å². The monoisotopic (exact) mass is 270 g/mol. The summed E-state index contributed by atoms with van der Waals surface area (Å²) in [5, 5.41) is 6.71. The van der Waals surface area contributed by atoms with Crippen molar-refractivity contribution in [3.63, 3.8) is 0 Å². The van der Waals surface area contributed by atoms with Gasteiger partial charge in [0.25, 0.3) is 0 Å². The Balaban J connectivity index is 1.92. The van der Waals surface area contributed by atoms with Crippen LogP contribution in [0.15, 0.2) is 35.5 Å². The quantitative estimate of drug-likeness (QED) is 0.893. The number of oxime groups is 1. The number of rotatable bonds is 2. The Labute approximate surface area is 108 Å². The van der Waals surface area contributed by atoms with E-state index in [4.69, 9.17) is 0 Å². The van der Waals surface area contributed by atoms with Crippen LogP contribution in [0.4, 0.5) is 13.2 Å². The summed E-state index contributed by atoms with van der Waals surface area (Å²) in [5.74, 6) is -0.795. The molecular formula is C13H13F3N2O. The van der Waals surface area contributed by atoms with Crippen molar-refractivity contribution >= 4 is 5.71 Å². The molecule has 1 aromatic rings. The predicted octanol–water partition coefficient (Wildman–Crippen LogP) is 2.19. The van der Waals surface area contributed by atoms with Gasteiger partial charge in [0.05, 0.1) is 11.6 Å². The van der Waals surface area contributed by atoms with Crippen molar-refractivity contribution in [3.05, 3.63) is 35.9 Å².